The Kier molecular flexibility index (Phi) is 5.05. The number of hydrogen-bond donors (Lipinski definition) is 3. The lowest BCUT2D eigenvalue weighted by Gasteiger charge is -2.14. The number of rotatable bonds is 7. The summed E-state index contributed by atoms with van der Waals surface area (Å²) >= 11 is 0. The van der Waals surface area contributed by atoms with E-state index in [4.69, 9.17) is 5.14 Å². The first kappa shape index (κ1) is 15.6. The van der Waals surface area contributed by atoms with Crippen LogP contribution in [0.4, 0.5) is 0 Å². The van der Waals surface area contributed by atoms with Gasteiger partial charge >= 0.3 is 0 Å². The van der Waals surface area contributed by atoms with E-state index in [1.54, 1.807) is 12.1 Å². The van der Waals surface area contributed by atoms with E-state index in [2.05, 4.69) is 20.5 Å². The van der Waals surface area contributed by atoms with Crippen LogP contribution in [0.3, 0.4) is 0 Å². The molecule has 0 saturated carbocycles. The van der Waals surface area contributed by atoms with E-state index in [-0.39, 0.29) is 10.9 Å². The van der Waals surface area contributed by atoms with Crippen LogP contribution in [0.1, 0.15) is 30.8 Å². The summed E-state index contributed by atoms with van der Waals surface area (Å²) in [6.07, 6.45) is 3.22. The number of H-pyrrole nitrogens is 1. The van der Waals surface area contributed by atoms with Gasteiger partial charge in [-0.25, -0.2) is 18.5 Å². The summed E-state index contributed by atoms with van der Waals surface area (Å²) in [5.74, 6) is 0.862. The summed E-state index contributed by atoms with van der Waals surface area (Å²) in [5.41, 5.74) is 0.890. The molecule has 0 aliphatic carbocycles. The van der Waals surface area contributed by atoms with Crippen LogP contribution in [0.25, 0.3) is 0 Å². The first-order valence-electron chi connectivity index (χ1n) is 6.67. The quantitative estimate of drug-likeness (QED) is 0.653. The number of hydrogen-bond acceptors (Lipinski definition) is 5. The maximum atomic E-state index is 11.3. The van der Waals surface area contributed by atoms with Crippen LogP contribution >= 0.6 is 0 Å². The SMILES string of the molecule is CC(NCCCc1ncn[nH]1)c1cccc(S(N)(=O)=O)c1. The molecule has 0 fully saturated rings. The van der Waals surface area contributed by atoms with Crippen molar-refractivity contribution in [3.8, 4) is 0 Å². The molecular weight excluding hydrogens is 290 g/mol. The van der Waals surface area contributed by atoms with Crippen molar-refractivity contribution in [2.24, 2.45) is 5.14 Å². The number of aryl methyl sites for hydroxylation is 1. The molecule has 4 N–H and O–H groups in total. The van der Waals surface area contributed by atoms with Crippen molar-refractivity contribution in [2.75, 3.05) is 6.54 Å². The zero-order valence-corrected chi connectivity index (χ0v) is 12.6. The Morgan fingerprint density at radius 1 is 1.43 bits per heavy atom. The van der Waals surface area contributed by atoms with Gasteiger partial charge in [0, 0.05) is 12.5 Å². The first-order valence-corrected chi connectivity index (χ1v) is 8.22. The van der Waals surface area contributed by atoms with Crippen molar-refractivity contribution < 1.29 is 8.42 Å². The summed E-state index contributed by atoms with van der Waals surface area (Å²) in [7, 11) is -3.66. The Labute approximate surface area is 124 Å². The van der Waals surface area contributed by atoms with Crippen LogP contribution in [0.15, 0.2) is 35.5 Å². The number of nitrogens with two attached hydrogens (primary N) is 1. The van der Waals surface area contributed by atoms with E-state index >= 15 is 0 Å². The molecule has 0 spiro atoms. The highest BCUT2D eigenvalue weighted by Gasteiger charge is 2.11. The summed E-state index contributed by atoms with van der Waals surface area (Å²) in [6, 6.07) is 6.71. The molecule has 1 aromatic carbocycles. The lowest BCUT2D eigenvalue weighted by atomic mass is 10.1. The molecule has 1 aromatic heterocycles. The van der Waals surface area contributed by atoms with Gasteiger partial charge in [-0.3, -0.25) is 5.10 Å². The monoisotopic (exact) mass is 309 g/mol. The molecule has 0 amide bonds. The average molecular weight is 309 g/mol. The smallest absolute Gasteiger partial charge is 0.238 e. The Bertz CT molecular complexity index is 670. The maximum Gasteiger partial charge on any atom is 0.238 e. The van der Waals surface area contributed by atoms with Crippen molar-refractivity contribution in [3.05, 3.63) is 42.0 Å². The van der Waals surface area contributed by atoms with Gasteiger partial charge in [-0.05, 0) is 37.6 Å². The average Bonchev–Trinajstić information content (AvgIpc) is 2.96. The van der Waals surface area contributed by atoms with Crippen LogP contribution in [-0.4, -0.2) is 30.1 Å². The zero-order chi connectivity index (χ0) is 15.3. The van der Waals surface area contributed by atoms with Gasteiger partial charge in [0.15, 0.2) is 0 Å². The van der Waals surface area contributed by atoms with Gasteiger partial charge in [0.05, 0.1) is 4.90 Å². The van der Waals surface area contributed by atoms with Crippen molar-refractivity contribution >= 4 is 10.0 Å². The third kappa shape index (κ3) is 4.62. The predicted molar refractivity (Wildman–Crippen MR) is 78.9 cm³/mol. The number of sulfonamides is 1. The highest BCUT2D eigenvalue weighted by Crippen LogP contribution is 2.16. The second-order valence-electron chi connectivity index (χ2n) is 4.83. The fourth-order valence-electron chi connectivity index (χ4n) is 2.00. The molecule has 0 saturated heterocycles. The minimum Gasteiger partial charge on any atom is -0.310 e. The molecule has 0 radical (unpaired) electrons. The molecule has 1 atom stereocenters. The van der Waals surface area contributed by atoms with Gasteiger partial charge in [-0.15, -0.1) is 0 Å². The normalized spacial score (nSPS) is 13.2. The third-order valence-electron chi connectivity index (χ3n) is 3.19. The number of nitrogens with zero attached hydrogens (tertiary/aromatic N) is 2. The second-order valence-corrected chi connectivity index (χ2v) is 6.39. The molecule has 0 aliphatic heterocycles. The van der Waals surface area contributed by atoms with Gasteiger partial charge in [-0.1, -0.05) is 12.1 Å². The summed E-state index contributed by atoms with van der Waals surface area (Å²) < 4.78 is 22.7. The second kappa shape index (κ2) is 6.79. The number of nitrogens with one attached hydrogen (secondary N) is 2. The fraction of sp³-hybridized carbons (Fsp3) is 0.385. The Balaban J connectivity index is 1.87. The Morgan fingerprint density at radius 2 is 2.24 bits per heavy atom. The molecule has 0 bridgehead atoms. The minimum absolute atomic E-state index is 0.0430. The van der Waals surface area contributed by atoms with Crippen molar-refractivity contribution in [3.63, 3.8) is 0 Å². The number of benzene rings is 1. The maximum absolute atomic E-state index is 11.3. The van der Waals surface area contributed by atoms with Crippen LogP contribution in [0, 0.1) is 0 Å². The van der Waals surface area contributed by atoms with E-state index in [0.29, 0.717) is 0 Å². The lowest BCUT2D eigenvalue weighted by molar-refractivity contribution is 0.553. The molecule has 0 aliphatic rings. The van der Waals surface area contributed by atoms with Gasteiger partial charge < -0.3 is 5.32 Å². The van der Waals surface area contributed by atoms with E-state index in [0.717, 1.165) is 30.8 Å². The Hall–Kier alpha value is -1.77. The highest BCUT2D eigenvalue weighted by molar-refractivity contribution is 7.89. The molecule has 2 aromatic rings. The van der Waals surface area contributed by atoms with Crippen LogP contribution in [0.5, 0.6) is 0 Å². The van der Waals surface area contributed by atoms with Crippen molar-refractivity contribution in [2.45, 2.75) is 30.7 Å². The standard InChI is InChI=1S/C13H19N5O2S/c1-10(15-7-3-6-13-16-9-17-18-13)11-4-2-5-12(8-11)21(14,19)20/h2,4-5,8-10,15H,3,6-7H2,1H3,(H2,14,19,20)(H,16,17,18). The van der Waals surface area contributed by atoms with Gasteiger partial charge in [0.2, 0.25) is 10.0 Å². The molecule has 1 unspecified atom stereocenters. The van der Waals surface area contributed by atoms with Crippen LogP contribution in [0.2, 0.25) is 0 Å². The first-order chi connectivity index (χ1) is 9.97. The zero-order valence-electron chi connectivity index (χ0n) is 11.8. The molecule has 8 heteroatoms. The van der Waals surface area contributed by atoms with Gasteiger partial charge in [0.1, 0.15) is 12.2 Å². The molecule has 1 heterocycles. The molecule has 114 valence electrons. The third-order valence-corrected chi connectivity index (χ3v) is 4.10. The van der Waals surface area contributed by atoms with Crippen LogP contribution < -0.4 is 10.5 Å². The minimum atomic E-state index is -3.66. The molecule has 7 nitrogen and oxygen atoms in total. The van der Waals surface area contributed by atoms with E-state index in [1.165, 1.54) is 12.4 Å². The largest absolute Gasteiger partial charge is 0.310 e. The number of aromatic amines is 1. The number of primary sulfonamides is 1. The van der Waals surface area contributed by atoms with Crippen molar-refractivity contribution in [1.82, 2.24) is 20.5 Å². The van der Waals surface area contributed by atoms with E-state index < -0.39 is 10.0 Å². The Morgan fingerprint density at radius 3 is 2.90 bits per heavy atom. The predicted octanol–water partition coefficient (Wildman–Crippen LogP) is 0.736. The fourth-order valence-corrected chi connectivity index (χ4v) is 2.57. The topological polar surface area (TPSA) is 114 Å². The number of aromatic nitrogens is 3. The van der Waals surface area contributed by atoms with E-state index in [1.807, 2.05) is 13.0 Å². The summed E-state index contributed by atoms with van der Waals surface area (Å²) in [5, 5.41) is 15.1. The van der Waals surface area contributed by atoms with Crippen LogP contribution in [-0.2, 0) is 16.4 Å². The lowest BCUT2D eigenvalue weighted by Crippen LogP contribution is -2.21. The highest BCUT2D eigenvalue weighted by atomic mass is 32.2. The summed E-state index contributed by atoms with van der Waals surface area (Å²) in [4.78, 5) is 4.19. The van der Waals surface area contributed by atoms with E-state index in [9.17, 15) is 8.42 Å². The van der Waals surface area contributed by atoms with Gasteiger partial charge in [-0.2, -0.15) is 5.10 Å². The molecule has 2 rings (SSSR count). The molecule has 21 heavy (non-hydrogen) atoms. The summed E-state index contributed by atoms with van der Waals surface area (Å²) in [6.45, 7) is 2.78. The van der Waals surface area contributed by atoms with Crippen molar-refractivity contribution in [1.29, 1.82) is 0 Å². The molecular formula is C13H19N5O2S. The van der Waals surface area contributed by atoms with Gasteiger partial charge in [0.25, 0.3) is 0 Å².